The molecule has 0 atom stereocenters. The van der Waals surface area contributed by atoms with Gasteiger partial charge in [0.25, 0.3) is 0 Å². The van der Waals surface area contributed by atoms with E-state index in [2.05, 4.69) is 19.7 Å². The minimum atomic E-state index is -1.65. The van der Waals surface area contributed by atoms with Gasteiger partial charge in [0, 0.05) is 7.11 Å². The Morgan fingerprint density at radius 1 is 1.20 bits per heavy atom. The summed E-state index contributed by atoms with van der Waals surface area (Å²) in [6.45, 7) is 11.2. The van der Waals surface area contributed by atoms with Crippen molar-refractivity contribution in [2.24, 2.45) is 0 Å². The van der Waals surface area contributed by atoms with E-state index in [1.54, 1.807) is 7.11 Å². The average Bonchev–Trinajstić information content (AvgIpc) is 2.01. The Labute approximate surface area is 63.7 Å². The third-order valence-corrected chi connectivity index (χ3v) is 4.60. The first kappa shape index (κ1) is 9.40. The first-order valence-corrected chi connectivity index (χ1v) is 5.58. The minimum Gasteiger partial charge on any atom is -0.387 e. The molecule has 1 nitrogen and oxygen atoms in total. The average molecular weight is 154 g/mol. The summed E-state index contributed by atoms with van der Waals surface area (Å²) in [5, 5.41) is 0. The van der Waals surface area contributed by atoms with Gasteiger partial charge in [-0.15, -0.1) is 19.7 Å². The molecule has 0 saturated heterocycles. The molecular formula is C8H14OSi. The molecule has 0 aromatic heterocycles. The van der Waals surface area contributed by atoms with Crippen molar-refractivity contribution in [3.63, 3.8) is 0 Å². The molecule has 0 aromatic rings. The van der Waals surface area contributed by atoms with Crippen LogP contribution in [0, 0.1) is 0 Å². The number of methoxy groups -OCH3 is 1. The zero-order valence-corrected chi connectivity index (χ0v) is 7.47. The van der Waals surface area contributed by atoms with Crippen molar-refractivity contribution < 1.29 is 4.74 Å². The lowest BCUT2D eigenvalue weighted by molar-refractivity contribution is 0.248. The Bertz CT molecular complexity index is 118. The highest BCUT2D eigenvalue weighted by molar-refractivity contribution is 6.93. The molecule has 0 saturated carbocycles. The molecule has 2 heteroatoms. The highest BCUT2D eigenvalue weighted by atomic mass is 28.3. The predicted molar refractivity (Wildman–Crippen MR) is 48.2 cm³/mol. The molecule has 0 rings (SSSR count). The van der Waals surface area contributed by atoms with E-state index in [0.29, 0.717) is 6.23 Å². The molecule has 0 amide bonds. The molecule has 56 valence electrons. The van der Waals surface area contributed by atoms with Crippen LogP contribution in [0.3, 0.4) is 0 Å². The van der Waals surface area contributed by atoms with Crippen molar-refractivity contribution >= 4 is 8.07 Å². The molecule has 0 aliphatic heterocycles. The molecule has 0 aromatic carbocycles. The summed E-state index contributed by atoms with van der Waals surface area (Å²) in [6.07, 6.45) is 0.698. The van der Waals surface area contributed by atoms with Crippen LogP contribution in [0.4, 0.5) is 0 Å². The maximum absolute atomic E-state index is 5.03. The highest BCUT2D eigenvalue weighted by Gasteiger charge is 2.20. The summed E-state index contributed by atoms with van der Waals surface area (Å²) < 4.78 is 5.03. The molecule has 0 fully saturated rings. The maximum Gasteiger partial charge on any atom is 0.152 e. The molecular weight excluding hydrogens is 140 g/mol. The first-order valence-electron chi connectivity index (χ1n) is 3.14. The lowest BCUT2D eigenvalue weighted by atomic mass is 11.2. The van der Waals surface area contributed by atoms with E-state index in [0.717, 1.165) is 0 Å². The van der Waals surface area contributed by atoms with E-state index < -0.39 is 8.07 Å². The third kappa shape index (κ3) is 1.97. The Morgan fingerprint density at radius 3 is 1.70 bits per heavy atom. The lowest BCUT2D eigenvalue weighted by Crippen LogP contribution is -2.33. The van der Waals surface area contributed by atoms with E-state index in [9.17, 15) is 0 Å². The minimum absolute atomic E-state index is 0.698. The summed E-state index contributed by atoms with van der Waals surface area (Å²) in [4.78, 5) is 0. The van der Waals surface area contributed by atoms with Gasteiger partial charge < -0.3 is 4.74 Å². The van der Waals surface area contributed by atoms with Crippen LogP contribution in [0.15, 0.2) is 36.8 Å². The van der Waals surface area contributed by atoms with E-state index in [4.69, 9.17) is 4.74 Å². The van der Waals surface area contributed by atoms with Gasteiger partial charge >= 0.3 is 0 Å². The van der Waals surface area contributed by atoms with Crippen LogP contribution in [0.25, 0.3) is 0 Å². The SMILES string of the molecule is C=C[Si](C=C)(C=C)COC. The summed E-state index contributed by atoms with van der Waals surface area (Å²) >= 11 is 0. The van der Waals surface area contributed by atoms with Gasteiger partial charge in [-0.05, 0) is 0 Å². The lowest BCUT2D eigenvalue weighted by Gasteiger charge is -2.17. The van der Waals surface area contributed by atoms with Crippen LogP contribution in [0.1, 0.15) is 0 Å². The maximum atomic E-state index is 5.03. The molecule has 0 radical (unpaired) electrons. The van der Waals surface area contributed by atoms with Crippen LogP contribution in [-0.2, 0) is 4.74 Å². The number of hydrogen-bond acceptors (Lipinski definition) is 1. The first-order chi connectivity index (χ1) is 4.74. The third-order valence-electron chi connectivity index (χ3n) is 1.53. The fourth-order valence-electron chi connectivity index (χ4n) is 0.677. The Kier molecular flexibility index (Phi) is 3.99. The topological polar surface area (TPSA) is 9.23 Å². The van der Waals surface area contributed by atoms with E-state index in [1.165, 1.54) is 0 Å². The zero-order chi connectivity index (χ0) is 8.04. The largest absolute Gasteiger partial charge is 0.387 e. The van der Waals surface area contributed by atoms with Crippen molar-refractivity contribution in [3.05, 3.63) is 36.8 Å². The van der Waals surface area contributed by atoms with Crippen molar-refractivity contribution in [1.29, 1.82) is 0 Å². The van der Waals surface area contributed by atoms with Crippen LogP contribution >= 0.6 is 0 Å². The van der Waals surface area contributed by atoms with Crippen molar-refractivity contribution in [2.45, 2.75) is 0 Å². The van der Waals surface area contributed by atoms with E-state index >= 15 is 0 Å². The van der Waals surface area contributed by atoms with Crippen molar-refractivity contribution in [2.75, 3.05) is 13.3 Å². The van der Waals surface area contributed by atoms with Gasteiger partial charge in [-0.1, -0.05) is 17.1 Å². The summed E-state index contributed by atoms with van der Waals surface area (Å²) in [7, 11) is 0.0309. The quantitative estimate of drug-likeness (QED) is 0.549. The second-order valence-electron chi connectivity index (χ2n) is 2.16. The smallest absolute Gasteiger partial charge is 0.152 e. The molecule has 0 spiro atoms. The Morgan fingerprint density at radius 2 is 1.60 bits per heavy atom. The Balaban J connectivity index is 4.29. The van der Waals surface area contributed by atoms with Crippen LogP contribution < -0.4 is 0 Å². The van der Waals surface area contributed by atoms with Gasteiger partial charge in [0.1, 0.15) is 0 Å². The zero-order valence-electron chi connectivity index (χ0n) is 6.47. The molecule has 0 N–H and O–H groups in total. The van der Waals surface area contributed by atoms with E-state index in [1.807, 2.05) is 17.1 Å². The molecule has 0 aliphatic rings. The second kappa shape index (κ2) is 4.25. The van der Waals surface area contributed by atoms with Gasteiger partial charge in [0.05, 0.1) is 6.23 Å². The fourth-order valence-corrected chi connectivity index (χ4v) is 2.03. The highest BCUT2D eigenvalue weighted by Crippen LogP contribution is 2.06. The van der Waals surface area contributed by atoms with Crippen LogP contribution in [-0.4, -0.2) is 21.4 Å². The van der Waals surface area contributed by atoms with Gasteiger partial charge in [0.2, 0.25) is 0 Å². The number of rotatable bonds is 5. The normalized spacial score (nSPS) is 10.5. The molecule has 0 bridgehead atoms. The molecule has 0 heterocycles. The molecule has 0 unspecified atom stereocenters. The molecule has 10 heavy (non-hydrogen) atoms. The number of ether oxygens (including phenoxy) is 1. The van der Waals surface area contributed by atoms with Gasteiger partial charge in [-0.3, -0.25) is 0 Å². The van der Waals surface area contributed by atoms with Gasteiger partial charge in [0.15, 0.2) is 8.07 Å². The second-order valence-corrected chi connectivity index (χ2v) is 5.90. The van der Waals surface area contributed by atoms with Gasteiger partial charge in [-0.2, -0.15) is 0 Å². The summed E-state index contributed by atoms with van der Waals surface area (Å²) in [5.41, 5.74) is 5.74. The monoisotopic (exact) mass is 154 g/mol. The van der Waals surface area contributed by atoms with Gasteiger partial charge in [-0.25, -0.2) is 0 Å². The Hall–Kier alpha value is -0.603. The van der Waals surface area contributed by atoms with E-state index in [-0.39, 0.29) is 0 Å². The van der Waals surface area contributed by atoms with Crippen LogP contribution in [0.5, 0.6) is 0 Å². The van der Waals surface area contributed by atoms with Crippen LogP contribution in [0.2, 0.25) is 0 Å². The predicted octanol–water partition coefficient (Wildman–Crippen LogP) is 1.80. The number of hydrogen-bond donors (Lipinski definition) is 0. The summed E-state index contributed by atoms with van der Waals surface area (Å²) in [5.74, 6) is 0. The summed E-state index contributed by atoms with van der Waals surface area (Å²) in [6, 6.07) is 0. The molecule has 0 aliphatic carbocycles. The fraction of sp³-hybridized carbons (Fsp3) is 0.250. The van der Waals surface area contributed by atoms with Crippen molar-refractivity contribution in [1.82, 2.24) is 0 Å². The standard InChI is InChI=1S/C8H14OSi/c1-5-10(6-2,7-3)8-9-4/h5-7H,1-3,8H2,4H3. The van der Waals surface area contributed by atoms with Crippen molar-refractivity contribution in [3.8, 4) is 0 Å².